The van der Waals surface area contributed by atoms with Gasteiger partial charge in [0.15, 0.2) is 0 Å². The van der Waals surface area contributed by atoms with Gasteiger partial charge in [-0.15, -0.1) is 0 Å². The van der Waals surface area contributed by atoms with Gasteiger partial charge in [0, 0.05) is 18.6 Å². The van der Waals surface area contributed by atoms with Crippen LogP contribution in [0, 0.1) is 11.3 Å². The summed E-state index contributed by atoms with van der Waals surface area (Å²) in [5.74, 6) is 0.960. The summed E-state index contributed by atoms with van der Waals surface area (Å²) in [7, 11) is 4.71. The van der Waals surface area contributed by atoms with E-state index in [0.29, 0.717) is 11.0 Å². The first-order valence-electron chi connectivity index (χ1n) is 10.6. The molecule has 2 saturated carbocycles. The molecule has 3 aliphatic rings. The average Bonchev–Trinajstić information content (AvgIpc) is 3.28. The van der Waals surface area contributed by atoms with Crippen LogP contribution in [0.2, 0.25) is 0 Å². The molecule has 3 fully saturated rings. The molecule has 0 radical (unpaired) electrons. The molecule has 0 unspecified atom stereocenters. The molecule has 4 rings (SSSR count). The van der Waals surface area contributed by atoms with E-state index in [4.69, 9.17) is 0 Å². The summed E-state index contributed by atoms with van der Waals surface area (Å²) in [6.45, 7) is 3.77. The summed E-state index contributed by atoms with van der Waals surface area (Å²) in [5, 5.41) is 0. The third kappa shape index (κ3) is 3.40. The largest absolute Gasteiger partial charge is 0.303 e. The molecule has 0 aromatic heterocycles. The van der Waals surface area contributed by atoms with Gasteiger partial charge in [-0.3, -0.25) is 4.90 Å². The van der Waals surface area contributed by atoms with E-state index in [1.54, 1.807) is 0 Å². The van der Waals surface area contributed by atoms with Gasteiger partial charge in [0.2, 0.25) is 0 Å². The normalized spacial score (nSPS) is 34.4. The predicted octanol–water partition coefficient (Wildman–Crippen LogP) is 4.94. The van der Waals surface area contributed by atoms with E-state index in [-0.39, 0.29) is 0 Å². The molecular formula is C23H36N2. The summed E-state index contributed by atoms with van der Waals surface area (Å²) in [4.78, 5) is 5.33. The van der Waals surface area contributed by atoms with E-state index in [9.17, 15) is 0 Å². The molecule has 1 aliphatic heterocycles. The molecule has 0 amide bonds. The maximum Gasteiger partial charge on any atom is 0.0233 e. The number of nitrogens with zero attached hydrogens (tertiary/aromatic N) is 2. The van der Waals surface area contributed by atoms with Crippen molar-refractivity contribution in [2.75, 3.05) is 27.2 Å². The minimum absolute atomic E-state index is 0.509. The predicted molar refractivity (Wildman–Crippen MR) is 106 cm³/mol. The van der Waals surface area contributed by atoms with Gasteiger partial charge in [0.25, 0.3) is 0 Å². The SMILES string of the molecule is CN(C)C1(C2CCCC2)CCC2(CCN(Cc3ccccc3)C2)CC1. The Morgan fingerprint density at radius 2 is 1.64 bits per heavy atom. The second kappa shape index (κ2) is 7.04. The fraction of sp³-hybridized carbons (Fsp3) is 0.739. The summed E-state index contributed by atoms with van der Waals surface area (Å²) >= 11 is 0. The van der Waals surface area contributed by atoms with Crippen LogP contribution in [0.15, 0.2) is 30.3 Å². The van der Waals surface area contributed by atoms with E-state index in [1.165, 1.54) is 76.4 Å². The van der Waals surface area contributed by atoms with Crippen molar-refractivity contribution in [2.24, 2.45) is 11.3 Å². The molecule has 2 nitrogen and oxygen atoms in total. The lowest BCUT2D eigenvalue weighted by atomic mass is 9.62. The highest BCUT2D eigenvalue weighted by Gasteiger charge is 2.50. The van der Waals surface area contributed by atoms with Gasteiger partial charge < -0.3 is 4.90 Å². The van der Waals surface area contributed by atoms with Crippen LogP contribution in [-0.4, -0.2) is 42.5 Å². The van der Waals surface area contributed by atoms with Gasteiger partial charge in [-0.2, -0.15) is 0 Å². The zero-order valence-electron chi connectivity index (χ0n) is 16.3. The van der Waals surface area contributed by atoms with Crippen LogP contribution in [0.3, 0.4) is 0 Å². The molecule has 2 aliphatic carbocycles. The molecular weight excluding hydrogens is 304 g/mol. The highest BCUT2D eigenvalue weighted by Crippen LogP contribution is 2.53. The number of hydrogen-bond acceptors (Lipinski definition) is 2. The molecule has 1 heterocycles. The van der Waals surface area contributed by atoms with Crippen LogP contribution in [0.1, 0.15) is 63.4 Å². The zero-order chi connectivity index (χ0) is 17.3. The molecule has 1 spiro atoms. The van der Waals surface area contributed by atoms with Gasteiger partial charge in [-0.25, -0.2) is 0 Å². The van der Waals surface area contributed by atoms with Gasteiger partial charge in [0.1, 0.15) is 0 Å². The number of benzene rings is 1. The molecule has 1 aromatic rings. The first-order chi connectivity index (χ1) is 12.1. The number of likely N-dealkylation sites (tertiary alicyclic amines) is 1. The highest BCUT2D eigenvalue weighted by atomic mass is 15.2. The summed E-state index contributed by atoms with van der Waals surface area (Å²) in [6.07, 6.45) is 13.1. The standard InChI is InChI=1S/C23H36N2/c1-24(2)23(21-10-6-7-11-21)14-12-22(13-15-23)16-17-25(19-22)18-20-8-4-3-5-9-20/h3-5,8-9,21H,6-7,10-19H2,1-2H3. The Morgan fingerprint density at radius 3 is 2.28 bits per heavy atom. The van der Waals surface area contributed by atoms with Gasteiger partial charge >= 0.3 is 0 Å². The topological polar surface area (TPSA) is 6.48 Å². The van der Waals surface area contributed by atoms with E-state index in [2.05, 4.69) is 54.2 Å². The lowest BCUT2D eigenvalue weighted by molar-refractivity contribution is -0.00242. The van der Waals surface area contributed by atoms with Crippen molar-refractivity contribution in [1.82, 2.24) is 9.80 Å². The van der Waals surface area contributed by atoms with Crippen LogP contribution in [0.4, 0.5) is 0 Å². The first kappa shape index (κ1) is 17.5. The van der Waals surface area contributed by atoms with Crippen LogP contribution in [0.5, 0.6) is 0 Å². The number of hydrogen-bond donors (Lipinski definition) is 0. The fourth-order valence-corrected chi connectivity index (χ4v) is 6.31. The Labute approximate surface area is 154 Å². The molecule has 25 heavy (non-hydrogen) atoms. The van der Waals surface area contributed by atoms with Crippen molar-refractivity contribution >= 4 is 0 Å². The van der Waals surface area contributed by atoms with Crippen LogP contribution < -0.4 is 0 Å². The highest BCUT2D eigenvalue weighted by molar-refractivity contribution is 5.15. The maximum atomic E-state index is 2.72. The van der Waals surface area contributed by atoms with Crippen molar-refractivity contribution in [3.05, 3.63) is 35.9 Å². The monoisotopic (exact) mass is 340 g/mol. The Kier molecular flexibility index (Phi) is 4.94. The fourth-order valence-electron chi connectivity index (χ4n) is 6.31. The molecule has 0 N–H and O–H groups in total. The van der Waals surface area contributed by atoms with Crippen molar-refractivity contribution in [1.29, 1.82) is 0 Å². The minimum atomic E-state index is 0.509. The molecule has 2 heteroatoms. The van der Waals surface area contributed by atoms with Gasteiger partial charge in [-0.05, 0) is 82.5 Å². The van der Waals surface area contributed by atoms with E-state index >= 15 is 0 Å². The molecule has 138 valence electrons. The Hall–Kier alpha value is -0.860. The third-order valence-corrected chi connectivity index (χ3v) is 7.95. The van der Waals surface area contributed by atoms with Gasteiger partial charge in [-0.1, -0.05) is 43.2 Å². The zero-order valence-corrected chi connectivity index (χ0v) is 16.3. The summed E-state index contributed by atoms with van der Waals surface area (Å²) in [5.41, 5.74) is 2.60. The molecule has 1 saturated heterocycles. The lowest BCUT2D eigenvalue weighted by Crippen LogP contribution is -2.54. The molecule has 0 atom stereocenters. The number of rotatable bonds is 4. The smallest absolute Gasteiger partial charge is 0.0233 e. The van der Waals surface area contributed by atoms with Gasteiger partial charge in [0.05, 0.1) is 0 Å². The van der Waals surface area contributed by atoms with Crippen molar-refractivity contribution in [2.45, 2.75) is 69.9 Å². The summed E-state index contributed by atoms with van der Waals surface area (Å²) in [6, 6.07) is 11.0. The Bertz CT molecular complexity index is 551. The Morgan fingerprint density at radius 1 is 0.960 bits per heavy atom. The Balaban J connectivity index is 1.39. The van der Waals surface area contributed by atoms with E-state index < -0.39 is 0 Å². The molecule has 1 aromatic carbocycles. The van der Waals surface area contributed by atoms with Crippen molar-refractivity contribution in [3.8, 4) is 0 Å². The third-order valence-electron chi connectivity index (χ3n) is 7.95. The first-order valence-corrected chi connectivity index (χ1v) is 10.6. The van der Waals surface area contributed by atoms with Crippen molar-refractivity contribution < 1.29 is 0 Å². The van der Waals surface area contributed by atoms with E-state index in [0.717, 1.165) is 12.5 Å². The van der Waals surface area contributed by atoms with Crippen LogP contribution in [-0.2, 0) is 6.54 Å². The maximum absolute atomic E-state index is 2.72. The summed E-state index contributed by atoms with van der Waals surface area (Å²) < 4.78 is 0. The quantitative estimate of drug-likeness (QED) is 0.766. The van der Waals surface area contributed by atoms with Crippen molar-refractivity contribution in [3.63, 3.8) is 0 Å². The minimum Gasteiger partial charge on any atom is -0.303 e. The average molecular weight is 341 g/mol. The van der Waals surface area contributed by atoms with E-state index in [1.807, 2.05) is 0 Å². The van der Waals surface area contributed by atoms with Crippen LogP contribution in [0.25, 0.3) is 0 Å². The molecule has 0 bridgehead atoms. The second-order valence-electron chi connectivity index (χ2n) is 9.43. The lowest BCUT2D eigenvalue weighted by Gasteiger charge is -2.52. The second-order valence-corrected chi connectivity index (χ2v) is 9.43. The van der Waals surface area contributed by atoms with Crippen LogP contribution >= 0.6 is 0 Å².